The van der Waals surface area contributed by atoms with Crippen molar-refractivity contribution in [3.05, 3.63) is 22.4 Å². The summed E-state index contributed by atoms with van der Waals surface area (Å²) >= 11 is 1.49. The summed E-state index contributed by atoms with van der Waals surface area (Å²) in [6, 6.07) is 3.79. The van der Waals surface area contributed by atoms with Crippen LogP contribution in [0.4, 0.5) is 0 Å². The average molecular weight is 267 g/mol. The van der Waals surface area contributed by atoms with Crippen molar-refractivity contribution in [2.45, 2.75) is 12.0 Å². The molecular weight excluding hydrogens is 250 g/mol. The van der Waals surface area contributed by atoms with Gasteiger partial charge in [0.25, 0.3) is 5.91 Å². The number of nitrogens with zero attached hydrogens (tertiary/aromatic N) is 1. The lowest BCUT2D eigenvalue weighted by Crippen LogP contribution is -2.66. The van der Waals surface area contributed by atoms with Gasteiger partial charge < -0.3 is 14.4 Å². The van der Waals surface area contributed by atoms with Crippen LogP contribution in [0.25, 0.3) is 0 Å². The summed E-state index contributed by atoms with van der Waals surface area (Å²) in [5, 5.41) is 1.93. The first kappa shape index (κ1) is 12.1. The van der Waals surface area contributed by atoms with Crippen LogP contribution in [-0.4, -0.2) is 49.8 Å². The first-order chi connectivity index (χ1) is 8.75. The van der Waals surface area contributed by atoms with Crippen LogP contribution in [0.2, 0.25) is 0 Å². The Morgan fingerprint density at radius 3 is 3.17 bits per heavy atom. The minimum Gasteiger partial charge on any atom is -0.384 e. The van der Waals surface area contributed by atoms with Crippen molar-refractivity contribution in [2.75, 3.05) is 33.4 Å². The second-order valence-electron chi connectivity index (χ2n) is 4.99. The van der Waals surface area contributed by atoms with Crippen LogP contribution in [-0.2, 0) is 9.47 Å². The summed E-state index contributed by atoms with van der Waals surface area (Å²) in [4.78, 5) is 14.8. The molecule has 98 valence electrons. The topological polar surface area (TPSA) is 38.8 Å². The Labute approximate surface area is 110 Å². The molecule has 1 spiro atoms. The number of carbonyl (C=O) groups is 1. The first-order valence-corrected chi connectivity index (χ1v) is 7.09. The van der Waals surface area contributed by atoms with E-state index < -0.39 is 0 Å². The fourth-order valence-electron chi connectivity index (χ4n) is 2.87. The normalized spacial score (nSPS) is 25.4. The SMILES string of the molecule is COC[C@@H]1CCOC12CN(C(=O)c1cccs1)C2. The summed E-state index contributed by atoms with van der Waals surface area (Å²) < 4.78 is 11.1. The largest absolute Gasteiger partial charge is 0.384 e. The second-order valence-corrected chi connectivity index (χ2v) is 5.94. The van der Waals surface area contributed by atoms with Crippen LogP contribution in [0, 0.1) is 5.92 Å². The number of thiophene rings is 1. The molecule has 1 aromatic heterocycles. The van der Waals surface area contributed by atoms with Gasteiger partial charge in [-0.2, -0.15) is 0 Å². The minimum absolute atomic E-state index is 0.127. The molecule has 5 heteroatoms. The van der Waals surface area contributed by atoms with Gasteiger partial charge in [0.1, 0.15) is 5.60 Å². The first-order valence-electron chi connectivity index (χ1n) is 6.21. The molecule has 0 aromatic carbocycles. The number of hydrogen-bond acceptors (Lipinski definition) is 4. The van der Waals surface area contributed by atoms with Gasteiger partial charge in [0.15, 0.2) is 0 Å². The Balaban J connectivity index is 1.64. The van der Waals surface area contributed by atoms with E-state index in [1.54, 1.807) is 7.11 Å². The Bertz CT molecular complexity index is 425. The number of carbonyl (C=O) groups excluding carboxylic acids is 1. The molecule has 3 heterocycles. The van der Waals surface area contributed by atoms with Crippen LogP contribution in [0.3, 0.4) is 0 Å². The molecule has 2 aliphatic rings. The highest BCUT2D eigenvalue weighted by molar-refractivity contribution is 7.12. The average Bonchev–Trinajstić information content (AvgIpc) is 2.95. The summed E-state index contributed by atoms with van der Waals surface area (Å²) in [6.45, 7) is 2.92. The number of methoxy groups -OCH3 is 1. The van der Waals surface area contributed by atoms with Gasteiger partial charge in [-0.3, -0.25) is 4.79 Å². The summed E-state index contributed by atoms with van der Waals surface area (Å²) in [5.74, 6) is 0.553. The molecule has 2 saturated heterocycles. The molecule has 1 aromatic rings. The van der Waals surface area contributed by atoms with E-state index in [4.69, 9.17) is 9.47 Å². The van der Waals surface area contributed by atoms with Gasteiger partial charge in [-0.15, -0.1) is 11.3 Å². The maximum Gasteiger partial charge on any atom is 0.264 e. The Hall–Kier alpha value is -0.910. The van der Waals surface area contributed by atoms with Crippen LogP contribution < -0.4 is 0 Å². The maximum absolute atomic E-state index is 12.1. The molecule has 1 atom stereocenters. The van der Waals surface area contributed by atoms with Crippen LogP contribution >= 0.6 is 11.3 Å². The fraction of sp³-hybridized carbons (Fsp3) is 0.615. The second kappa shape index (κ2) is 4.64. The van der Waals surface area contributed by atoms with Gasteiger partial charge in [0.05, 0.1) is 24.6 Å². The van der Waals surface area contributed by atoms with E-state index in [1.165, 1.54) is 11.3 Å². The summed E-state index contributed by atoms with van der Waals surface area (Å²) in [6.07, 6.45) is 1.04. The van der Waals surface area contributed by atoms with Gasteiger partial charge in [-0.05, 0) is 17.9 Å². The molecule has 0 radical (unpaired) electrons. The van der Waals surface area contributed by atoms with E-state index >= 15 is 0 Å². The van der Waals surface area contributed by atoms with Gasteiger partial charge in [0.2, 0.25) is 0 Å². The van der Waals surface area contributed by atoms with Gasteiger partial charge in [-0.1, -0.05) is 6.07 Å². The van der Waals surface area contributed by atoms with E-state index in [-0.39, 0.29) is 11.5 Å². The molecule has 3 rings (SSSR count). The minimum atomic E-state index is -0.136. The van der Waals surface area contributed by atoms with Crippen molar-refractivity contribution < 1.29 is 14.3 Å². The lowest BCUT2D eigenvalue weighted by Gasteiger charge is -2.49. The fourth-order valence-corrected chi connectivity index (χ4v) is 3.56. The number of likely N-dealkylation sites (tertiary alicyclic amines) is 1. The van der Waals surface area contributed by atoms with Crippen LogP contribution in [0.15, 0.2) is 17.5 Å². The molecule has 2 fully saturated rings. The molecule has 4 nitrogen and oxygen atoms in total. The third-order valence-corrected chi connectivity index (χ3v) is 4.76. The van der Waals surface area contributed by atoms with Crippen molar-refractivity contribution in [2.24, 2.45) is 5.92 Å². The van der Waals surface area contributed by atoms with Gasteiger partial charge >= 0.3 is 0 Å². The molecule has 2 aliphatic heterocycles. The Morgan fingerprint density at radius 1 is 1.67 bits per heavy atom. The van der Waals surface area contributed by atoms with Crippen molar-refractivity contribution in [3.63, 3.8) is 0 Å². The van der Waals surface area contributed by atoms with Gasteiger partial charge in [0, 0.05) is 19.6 Å². The van der Waals surface area contributed by atoms with E-state index in [0.29, 0.717) is 19.0 Å². The van der Waals surface area contributed by atoms with Crippen molar-refractivity contribution >= 4 is 17.2 Å². The molecule has 0 aliphatic carbocycles. The molecule has 0 bridgehead atoms. The molecule has 0 unspecified atom stereocenters. The van der Waals surface area contributed by atoms with Crippen LogP contribution in [0.1, 0.15) is 16.1 Å². The molecule has 1 amide bonds. The zero-order chi connectivity index (χ0) is 12.6. The Morgan fingerprint density at radius 2 is 2.50 bits per heavy atom. The lowest BCUT2D eigenvalue weighted by molar-refractivity contribution is -0.125. The lowest BCUT2D eigenvalue weighted by atomic mass is 9.81. The monoisotopic (exact) mass is 267 g/mol. The zero-order valence-corrected chi connectivity index (χ0v) is 11.2. The van der Waals surface area contributed by atoms with E-state index in [9.17, 15) is 4.79 Å². The van der Waals surface area contributed by atoms with Crippen molar-refractivity contribution in [1.82, 2.24) is 4.90 Å². The highest BCUT2D eigenvalue weighted by Crippen LogP contribution is 2.40. The molecular formula is C13H17NO3S. The summed E-state index contributed by atoms with van der Waals surface area (Å²) in [5.41, 5.74) is -0.136. The molecule has 0 N–H and O–H groups in total. The van der Waals surface area contributed by atoms with E-state index in [2.05, 4.69) is 0 Å². The van der Waals surface area contributed by atoms with Gasteiger partial charge in [-0.25, -0.2) is 0 Å². The van der Waals surface area contributed by atoms with Crippen LogP contribution in [0.5, 0.6) is 0 Å². The maximum atomic E-state index is 12.1. The number of hydrogen-bond donors (Lipinski definition) is 0. The van der Waals surface area contributed by atoms with Crippen molar-refractivity contribution in [3.8, 4) is 0 Å². The Kier molecular flexibility index (Phi) is 3.13. The predicted molar refractivity (Wildman–Crippen MR) is 68.9 cm³/mol. The quantitative estimate of drug-likeness (QED) is 0.835. The number of amides is 1. The predicted octanol–water partition coefficient (Wildman–Crippen LogP) is 1.63. The number of ether oxygens (including phenoxy) is 2. The zero-order valence-electron chi connectivity index (χ0n) is 10.4. The molecule has 0 saturated carbocycles. The van der Waals surface area contributed by atoms with Crippen molar-refractivity contribution in [1.29, 1.82) is 0 Å². The smallest absolute Gasteiger partial charge is 0.264 e. The summed E-state index contributed by atoms with van der Waals surface area (Å²) in [7, 11) is 1.72. The van der Waals surface area contributed by atoms with E-state index in [0.717, 1.165) is 24.5 Å². The highest BCUT2D eigenvalue weighted by Gasteiger charge is 2.54. The standard InChI is InChI=1S/C13H17NO3S/c1-16-7-10-4-5-17-13(10)8-14(9-13)12(15)11-3-2-6-18-11/h2-3,6,10H,4-5,7-9H2,1H3/t10-/m0/s1. The highest BCUT2D eigenvalue weighted by atomic mass is 32.1. The molecule has 18 heavy (non-hydrogen) atoms. The van der Waals surface area contributed by atoms with E-state index in [1.807, 2.05) is 22.4 Å². The third-order valence-electron chi connectivity index (χ3n) is 3.90. The third kappa shape index (κ3) is 1.86. The number of rotatable bonds is 3.